The van der Waals surface area contributed by atoms with E-state index in [1.165, 1.54) is 0 Å². The maximum atomic E-state index is 12.2. The lowest BCUT2D eigenvalue weighted by Crippen LogP contribution is -2.17. The van der Waals surface area contributed by atoms with Crippen molar-refractivity contribution in [1.82, 2.24) is 0 Å². The van der Waals surface area contributed by atoms with Crippen LogP contribution in [0, 0.1) is 6.92 Å². The molecule has 0 spiro atoms. The molecular formula is C16H21NO2. The van der Waals surface area contributed by atoms with Crippen LogP contribution in [0.2, 0.25) is 0 Å². The molecule has 2 rings (SSSR count). The van der Waals surface area contributed by atoms with E-state index in [4.69, 9.17) is 4.74 Å². The zero-order valence-electron chi connectivity index (χ0n) is 12.1. The van der Waals surface area contributed by atoms with Crippen LogP contribution in [0.15, 0.2) is 23.2 Å². The number of ether oxygens (including phenoxy) is 1. The monoisotopic (exact) mass is 259 g/mol. The molecule has 0 bridgehead atoms. The summed E-state index contributed by atoms with van der Waals surface area (Å²) in [5.74, 6) is 0.778. The largest absolute Gasteiger partial charge is 0.475 e. The molecule has 0 saturated carbocycles. The topological polar surface area (TPSA) is 38.7 Å². The molecule has 0 radical (unpaired) electrons. The first-order valence-electron chi connectivity index (χ1n) is 6.80. The Morgan fingerprint density at radius 3 is 2.74 bits per heavy atom. The van der Waals surface area contributed by atoms with E-state index in [1.807, 2.05) is 45.9 Å². The van der Waals surface area contributed by atoms with Crippen molar-refractivity contribution in [3.8, 4) is 0 Å². The maximum Gasteiger partial charge on any atom is 0.217 e. The maximum absolute atomic E-state index is 12.2. The van der Waals surface area contributed by atoms with Crippen molar-refractivity contribution < 1.29 is 9.53 Å². The van der Waals surface area contributed by atoms with Crippen LogP contribution in [-0.4, -0.2) is 23.8 Å². The van der Waals surface area contributed by atoms with Crippen LogP contribution in [0.5, 0.6) is 0 Å². The second-order valence-corrected chi connectivity index (χ2v) is 5.69. The summed E-state index contributed by atoms with van der Waals surface area (Å²) in [5.41, 5.74) is 2.44. The first-order valence-corrected chi connectivity index (χ1v) is 6.80. The Kier molecular flexibility index (Phi) is 3.74. The number of ketones is 1. The quantitative estimate of drug-likeness (QED) is 0.776. The number of aryl methyl sites for hydroxylation is 1. The number of carbonyl (C=O) groups is 1. The predicted molar refractivity (Wildman–Crippen MR) is 77.0 cm³/mol. The average molecular weight is 259 g/mol. The van der Waals surface area contributed by atoms with Gasteiger partial charge in [-0.1, -0.05) is 25.1 Å². The van der Waals surface area contributed by atoms with Crippen molar-refractivity contribution in [2.75, 3.05) is 6.61 Å². The summed E-state index contributed by atoms with van der Waals surface area (Å²) in [7, 11) is 0. The second kappa shape index (κ2) is 5.16. The van der Waals surface area contributed by atoms with Crippen molar-refractivity contribution in [1.29, 1.82) is 0 Å². The van der Waals surface area contributed by atoms with E-state index >= 15 is 0 Å². The molecule has 19 heavy (non-hydrogen) atoms. The molecule has 102 valence electrons. The van der Waals surface area contributed by atoms with Gasteiger partial charge in [0.15, 0.2) is 5.78 Å². The summed E-state index contributed by atoms with van der Waals surface area (Å²) in [6, 6.07) is 5.79. The number of carbonyl (C=O) groups excluding carboxylic acids is 1. The minimum atomic E-state index is -0.206. The molecule has 1 aromatic rings. The molecule has 1 aliphatic heterocycles. The first-order chi connectivity index (χ1) is 8.94. The van der Waals surface area contributed by atoms with Gasteiger partial charge in [0.05, 0.1) is 11.1 Å². The summed E-state index contributed by atoms with van der Waals surface area (Å²) >= 11 is 0. The lowest BCUT2D eigenvalue weighted by molar-refractivity contribution is 0.0981. The van der Waals surface area contributed by atoms with Gasteiger partial charge in [0.25, 0.3) is 0 Å². The van der Waals surface area contributed by atoms with E-state index in [0.717, 1.165) is 23.1 Å². The molecule has 0 unspecified atom stereocenters. The lowest BCUT2D eigenvalue weighted by Gasteiger charge is -2.11. The molecule has 3 nitrogen and oxygen atoms in total. The normalized spacial score (nSPS) is 16.9. The number of benzene rings is 1. The van der Waals surface area contributed by atoms with Crippen LogP contribution in [0.25, 0.3) is 0 Å². The smallest absolute Gasteiger partial charge is 0.217 e. The van der Waals surface area contributed by atoms with Crippen molar-refractivity contribution >= 4 is 11.7 Å². The van der Waals surface area contributed by atoms with Gasteiger partial charge in [-0.2, -0.15) is 0 Å². The minimum Gasteiger partial charge on any atom is -0.475 e. The number of hydrogen-bond acceptors (Lipinski definition) is 3. The molecular weight excluding hydrogens is 238 g/mol. The minimum absolute atomic E-state index is 0.164. The van der Waals surface area contributed by atoms with Crippen LogP contribution < -0.4 is 0 Å². The number of aliphatic imine (C=N–C) groups is 1. The highest BCUT2D eigenvalue weighted by molar-refractivity contribution is 6.09. The van der Waals surface area contributed by atoms with Gasteiger partial charge in [0.2, 0.25) is 5.90 Å². The molecule has 0 saturated heterocycles. The number of nitrogens with zero attached hydrogens (tertiary/aromatic N) is 1. The van der Waals surface area contributed by atoms with Crippen molar-refractivity contribution in [3.63, 3.8) is 0 Å². The van der Waals surface area contributed by atoms with E-state index < -0.39 is 0 Å². The second-order valence-electron chi connectivity index (χ2n) is 5.69. The van der Waals surface area contributed by atoms with Gasteiger partial charge in [-0.25, -0.2) is 4.99 Å². The van der Waals surface area contributed by atoms with Crippen LogP contribution in [0.1, 0.15) is 55.1 Å². The fourth-order valence-corrected chi connectivity index (χ4v) is 2.26. The Labute approximate surface area is 114 Å². The van der Waals surface area contributed by atoms with Gasteiger partial charge in [0, 0.05) is 12.0 Å². The van der Waals surface area contributed by atoms with Gasteiger partial charge in [-0.3, -0.25) is 4.79 Å². The molecule has 0 N–H and O–H groups in total. The summed E-state index contributed by atoms with van der Waals surface area (Å²) in [5, 5.41) is 0. The van der Waals surface area contributed by atoms with E-state index in [0.29, 0.717) is 18.9 Å². The molecule has 3 heteroatoms. The molecule has 0 amide bonds. The van der Waals surface area contributed by atoms with Crippen LogP contribution >= 0.6 is 0 Å². The standard InChI is InChI=1S/C16H21NO2/c1-5-7-13(18)12-9-6-8-11(2)14(12)15-17-16(3,4)10-19-15/h6,8-9H,5,7,10H2,1-4H3. The molecule has 0 aromatic heterocycles. The Balaban J connectivity index is 2.48. The summed E-state index contributed by atoms with van der Waals surface area (Å²) < 4.78 is 5.70. The van der Waals surface area contributed by atoms with Crippen LogP contribution in [0.3, 0.4) is 0 Å². The van der Waals surface area contributed by atoms with Gasteiger partial charge < -0.3 is 4.74 Å². The number of hydrogen-bond donors (Lipinski definition) is 0. The van der Waals surface area contributed by atoms with E-state index in [1.54, 1.807) is 0 Å². The average Bonchev–Trinajstić information content (AvgIpc) is 2.69. The Morgan fingerprint density at radius 2 is 2.16 bits per heavy atom. The van der Waals surface area contributed by atoms with E-state index in [2.05, 4.69) is 4.99 Å². The van der Waals surface area contributed by atoms with Crippen molar-refractivity contribution in [2.45, 2.75) is 46.1 Å². The van der Waals surface area contributed by atoms with Crippen molar-refractivity contribution in [2.24, 2.45) is 4.99 Å². The Hall–Kier alpha value is -1.64. The molecule has 1 heterocycles. The molecule has 1 aliphatic rings. The number of Topliss-reactive ketones (excluding diaryl/α,β-unsaturated/α-hetero) is 1. The Morgan fingerprint density at radius 1 is 1.42 bits per heavy atom. The molecule has 0 aliphatic carbocycles. The van der Waals surface area contributed by atoms with E-state index in [9.17, 15) is 4.79 Å². The molecule has 1 aromatic carbocycles. The third-order valence-electron chi connectivity index (χ3n) is 3.23. The fraction of sp³-hybridized carbons (Fsp3) is 0.500. The highest BCUT2D eigenvalue weighted by atomic mass is 16.5. The van der Waals surface area contributed by atoms with Gasteiger partial charge in [-0.15, -0.1) is 0 Å². The highest BCUT2D eigenvalue weighted by Gasteiger charge is 2.29. The third kappa shape index (κ3) is 2.86. The van der Waals surface area contributed by atoms with Crippen molar-refractivity contribution in [3.05, 3.63) is 34.9 Å². The zero-order chi connectivity index (χ0) is 14.0. The zero-order valence-corrected chi connectivity index (χ0v) is 12.1. The summed E-state index contributed by atoms with van der Waals surface area (Å²) in [6.45, 7) is 8.64. The summed E-state index contributed by atoms with van der Waals surface area (Å²) in [6.07, 6.45) is 1.41. The summed E-state index contributed by atoms with van der Waals surface area (Å²) in [4.78, 5) is 16.8. The highest BCUT2D eigenvalue weighted by Crippen LogP contribution is 2.25. The van der Waals surface area contributed by atoms with Gasteiger partial charge in [-0.05, 0) is 32.8 Å². The third-order valence-corrected chi connectivity index (χ3v) is 3.23. The number of rotatable bonds is 4. The fourth-order valence-electron chi connectivity index (χ4n) is 2.26. The predicted octanol–water partition coefficient (Wildman–Crippen LogP) is 3.53. The first kappa shape index (κ1) is 13.8. The molecule has 0 atom stereocenters. The SMILES string of the molecule is CCCC(=O)c1cccc(C)c1C1=NC(C)(C)CO1. The van der Waals surface area contributed by atoms with Crippen LogP contribution in [0.4, 0.5) is 0 Å². The van der Waals surface area contributed by atoms with Crippen LogP contribution in [-0.2, 0) is 4.74 Å². The molecule has 0 fully saturated rings. The van der Waals surface area contributed by atoms with E-state index in [-0.39, 0.29) is 11.3 Å². The lowest BCUT2D eigenvalue weighted by atomic mass is 9.96. The van der Waals surface area contributed by atoms with Gasteiger partial charge in [0.1, 0.15) is 6.61 Å². The van der Waals surface area contributed by atoms with Gasteiger partial charge >= 0.3 is 0 Å². The Bertz CT molecular complexity index is 530.